The lowest BCUT2D eigenvalue weighted by Crippen LogP contribution is -2.21. The highest BCUT2D eigenvalue weighted by Gasteiger charge is 2.04. The van der Waals surface area contributed by atoms with Crippen LogP contribution < -0.4 is 11.5 Å². The molecule has 1 aromatic carbocycles. The van der Waals surface area contributed by atoms with E-state index in [9.17, 15) is 4.79 Å². The first-order chi connectivity index (χ1) is 8.86. The number of benzene rings is 1. The highest BCUT2D eigenvalue weighted by atomic mass is 16.9. The molecule has 0 unspecified atom stereocenters. The Hall–Kier alpha value is -2.84. The van der Waals surface area contributed by atoms with Crippen molar-refractivity contribution in [1.82, 2.24) is 0 Å². The van der Waals surface area contributed by atoms with E-state index in [-0.39, 0.29) is 11.9 Å². The second kappa shape index (κ2) is 8.28. The molecule has 0 heterocycles. The van der Waals surface area contributed by atoms with Crippen molar-refractivity contribution in [3.05, 3.63) is 39.9 Å². The van der Waals surface area contributed by atoms with E-state index in [4.69, 9.17) is 31.5 Å². The molecule has 0 fully saturated rings. The summed E-state index contributed by atoms with van der Waals surface area (Å²) < 4.78 is 4.82. The lowest BCUT2D eigenvalue weighted by Gasteiger charge is -2.01. The minimum atomic E-state index is -1.50. The Morgan fingerprint density at radius 2 is 1.89 bits per heavy atom. The molecule has 1 aromatic rings. The second-order valence-corrected chi connectivity index (χ2v) is 3.04. The third kappa shape index (κ3) is 7.96. The number of guanidine groups is 1. The van der Waals surface area contributed by atoms with Gasteiger partial charge in [0.1, 0.15) is 0 Å². The van der Waals surface area contributed by atoms with Gasteiger partial charge < -0.3 is 21.4 Å². The predicted octanol–water partition coefficient (Wildman–Crippen LogP) is 0.421. The Balaban J connectivity index is 0.000000711. The maximum atomic E-state index is 11.3. The first kappa shape index (κ1) is 16.2. The number of hydrogen-bond donors (Lipinski definition) is 3. The lowest BCUT2D eigenvalue weighted by molar-refractivity contribution is -0.742. The monoisotopic (exact) mass is 270 g/mol. The maximum Gasteiger partial charge on any atom is 0.338 e. The van der Waals surface area contributed by atoms with Gasteiger partial charge in [0.15, 0.2) is 5.96 Å². The smallest absolute Gasteiger partial charge is 0.338 e. The minimum Gasteiger partial charge on any atom is -0.462 e. The second-order valence-electron chi connectivity index (χ2n) is 3.04. The summed E-state index contributed by atoms with van der Waals surface area (Å²) in [5.74, 6) is -0.368. The number of carbonyl (C=O) groups is 1. The zero-order valence-electron chi connectivity index (χ0n) is 10.1. The molecule has 1 rings (SSSR count). The molecule has 5 N–H and O–H groups in total. The number of esters is 1. The summed E-state index contributed by atoms with van der Waals surface area (Å²) in [7, 11) is 0. The van der Waals surface area contributed by atoms with Crippen LogP contribution in [0, 0.1) is 10.1 Å². The van der Waals surface area contributed by atoms with Gasteiger partial charge in [0, 0.05) is 0 Å². The third-order valence-electron chi connectivity index (χ3n) is 1.64. The van der Waals surface area contributed by atoms with Crippen LogP contribution in [0.15, 0.2) is 29.3 Å². The summed E-state index contributed by atoms with van der Waals surface area (Å²) in [5.41, 5.74) is 11.5. The molecule has 0 aliphatic rings. The molecule has 0 aliphatic heterocycles. The predicted molar refractivity (Wildman–Crippen MR) is 66.6 cm³/mol. The lowest BCUT2D eigenvalue weighted by atomic mass is 10.2. The van der Waals surface area contributed by atoms with Gasteiger partial charge in [-0.05, 0) is 31.2 Å². The summed E-state index contributed by atoms with van der Waals surface area (Å²) in [6, 6.07) is 6.51. The Kier molecular flexibility index (Phi) is 7.04. The van der Waals surface area contributed by atoms with Crippen molar-refractivity contribution in [3.8, 4) is 0 Å². The van der Waals surface area contributed by atoms with Gasteiger partial charge in [-0.2, -0.15) is 0 Å². The van der Waals surface area contributed by atoms with E-state index < -0.39 is 5.09 Å². The summed E-state index contributed by atoms with van der Waals surface area (Å²) in [5, 5.41) is 13.6. The highest BCUT2D eigenvalue weighted by molar-refractivity contribution is 5.90. The fourth-order valence-electron chi connectivity index (χ4n) is 1.04. The van der Waals surface area contributed by atoms with Crippen molar-refractivity contribution in [1.29, 1.82) is 0 Å². The maximum absolute atomic E-state index is 11.3. The Morgan fingerprint density at radius 3 is 2.26 bits per heavy atom. The zero-order chi connectivity index (χ0) is 14.8. The molecule has 19 heavy (non-hydrogen) atoms. The van der Waals surface area contributed by atoms with Crippen LogP contribution in [-0.2, 0) is 4.74 Å². The van der Waals surface area contributed by atoms with Crippen molar-refractivity contribution in [3.63, 3.8) is 0 Å². The molecule has 0 saturated carbocycles. The average Bonchev–Trinajstić information content (AvgIpc) is 2.28. The number of carbonyl (C=O) groups excluding carboxylic acids is 1. The van der Waals surface area contributed by atoms with E-state index in [1.807, 2.05) is 0 Å². The van der Waals surface area contributed by atoms with Crippen LogP contribution in [-0.4, -0.2) is 28.8 Å². The zero-order valence-corrected chi connectivity index (χ0v) is 10.1. The molecule has 0 saturated heterocycles. The van der Waals surface area contributed by atoms with E-state index in [1.165, 1.54) is 0 Å². The SMILES string of the molecule is CCOC(=O)c1ccc(N=C(N)N)cc1.O=[N+]([O-])O. The summed E-state index contributed by atoms with van der Waals surface area (Å²) in [6.45, 7) is 2.11. The van der Waals surface area contributed by atoms with Crippen LogP contribution in [0.25, 0.3) is 0 Å². The van der Waals surface area contributed by atoms with E-state index in [0.29, 0.717) is 17.9 Å². The molecule has 0 spiro atoms. The van der Waals surface area contributed by atoms with Gasteiger partial charge in [-0.3, -0.25) is 0 Å². The molecule has 0 radical (unpaired) electrons. The van der Waals surface area contributed by atoms with Crippen molar-refractivity contribution >= 4 is 17.6 Å². The topological polar surface area (TPSA) is 154 Å². The molecular weight excluding hydrogens is 256 g/mol. The molecular formula is C10H14N4O5. The van der Waals surface area contributed by atoms with Gasteiger partial charge in [0.25, 0.3) is 5.09 Å². The van der Waals surface area contributed by atoms with Gasteiger partial charge in [-0.25, -0.2) is 9.79 Å². The molecule has 0 aliphatic carbocycles. The third-order valence-corrected chi connectivity index (χ3v) is 1.64. The summed E-state index contributed by atoms with van der Waals surface area (Å²) in [6.07, 6.45) is 0. The van der Waals surface area contributed by atoms with Gasteiger partial charge in [0.05, 0.1) is 17.9 Å². The number of rotatable bonds is 3. The van der Waals surface area contributed by atoms with Crippen LogP contribution in [0.5, 0.6) is 0 Å². The quantitative estimate of drug-likeness (QED) is 0.236. The minimum absolute atomic E-state index is 0.0149. The number of nitrogens with zero attached hydrogens (tertiary/aromatic N) is 2. The van der Waals surface area contributed by atoms with E-state index in [2.05, 4.69) is 4.99 Å². The van der Waals surface area contributed by atoms with Gasteiger partial charge >= 0.3 is 5.97 Å². The van der Waals surface area contributed by atoms with Crippen molar-refractivity contribution in [2.45, 2.75) is 6.92 Å². The number of nitrogens with two attached hydrogens (primary N) is 2. The molecule has 9 nitrogen and oxygen atoms in total. The van der Waals surface area contributed by atoms with Crippen molar-refractivity contribution in [2.24, 2.45) is 16.5 Å². The van der Waals surface area contributed by atoms with Crippen LogP contribution in [0.2, 0.25) is 0 Å². The largest absolute Gasteiger partial charge is 0.462 e. The Labute approximate surface area is 108 Å². The first-order valence-corrected chi connectivity index (χ1v) is 5.07. The molecule has 9 heteroatoms. The van der Waals surface area contributed by atoms with Crippen molar-refractivity contribution < 1.29 is 19.8 Å². The molecule has 0 amide bonds. The Morgan fingerprint density at radius 1 is 1.42 bits per heavy atom. The van der Waals surface area contributed by atoms with Crippen molar-refractivity contribution in [2.75, 3.05) is 6.61 Å². The van der Waals surface area contributed by atoms with E-state index in [1.54, 1.807) is 31.2 Å². The fourth-order valence-corrected chi connectivity index (χ4v) is 1.04. The normalized spacial score (nSPS) is 8.68. The highest BCUT2D eigenvalue weighted by Crippen LogP contribution is 2.13. The van der Waals surface area contributed by atoms with Crippen LogP contribution in [0.3, 0.4) is 0 Å². The number of hydrogen-bond acceptors (Lipinski definition) is 5. The first-order valence-electron chi connectivity index (χ1n) is 5.07. The molecule has 0 aromatic heterocycles. The van der Waals surface area contributed by atoms with E-state index >= 15 is 0 Å². The summed E-state index contributed by atoms with van der Waals surface area (Å²) in [4.78, 5) is 23.5. The molecule has 0 atom stereocenters. The number of ether oxygens (including phenoxy) is 1. The number of aliphatic imine (C=N–C) groups is 1. The molecule has 0 bridgehead atoms. The van der Waals surface area contributed by atoms with Crippen LogP contribution in [0.1, 0.15) is 17.3 Å². The Bertz CT molecular complexity index is 449. The van der Waals surface area contributed by atoms with Gasteiger partial charge in [-0.15, -0.1) is 10.1 Å². The van der Waals surface area contributed by atoms with Gasteiger partial charge in [0.2, 0.25) is 0 Å². The van der Waals surface area contributed by atoms with E-state index in [0.717, 1.165) is 0 Å². The van der Waals surface area contributed by atoms with Gasteiger partial charge in [-0.1, -0.05) is 0 Å². The average molecular weight is 270 g/mol. The summed E-state index contributed by atoms with van der Waals surface area (Å²) >= 11 is 0. The fraction of sp³-hybridized carbons (Fsp3) is 0.200. The standard InChI is InChI=1S/C10H13N3O2.HNO3/c1-2-15-9(14)7-3-5-8(6-4-7)13-10(11)12;2-1(3)4/h3-6H,2H2,1H3,(H4,11,12,13);(H,2,3,4). The van der Waals surface area contributed by atoms with Crippen LogP contribution in [0.4, 0.5) is 5.69 Å². The molecule has 104 valence electrons. The van der Waals surface area contributed by atoms with Crippen LogP contribution >= 0.6 is 0 Å².